The molecule has 102 valence electrons. The summed E-state index contributed by atoms with van der Waals surface area (Å²) in [5.41, 5.74) is 1.12. The molecule has 0 aromatic carbocycles. The first-order chi connectivity index (χ1) is 9.04. The van der Waals surface area contributed by atoms with Gasteiger partial charge in [0.1, 0.15) is 0 Å². The lowest BCUT2D eigenvalue weighted by atomic mass is 10.1. The summed E-state index contributed by atoms with van der Waals surface area (Å²) in [6, 6.07) is 1.96. The van der Waals surface area contributed by atoms with Crippen LogP contribution in [0.5, 0.6) is 0 Å². The van der Waals surface area contributed by atoms with Crippen LogP contribution in [0.1, 0.15) is 37.1 Å². The molecule has 1 atom stereocenters. The van der Waals surface area contributed by atoms with E-state index in [1.807, 2.05) is 11.4 Å². The molecule has 1 aliphatic rings. The number of aliphatic hydroxyl groups excluding tert-OH is 1. The Morgan fingerprint density at radius 1 is 1.63 bits per heavy atom. The second-order valence-corrected chi connectivity index (χ2v) is 6.50. The monoisotopic (exact) mass is 277 g/mol. The van der Waals surface area contributed by atoms with Crippen LogP contribution in [-0.4, -0.2) is 17.6 Å². The highest BCUT2D eigenvalue weighted by Gasteiger charge is 2.50. The summed E-state index contributed by atoms with van der Waals surface area (Å²) in [7, 11) is 0. The summed E-state index contributed by atoms with van der Waals surface area (Å²) in [6.07, 6.45) is 1.46. The number of carbonyl (C=O) groups excluding carboxylic acids is 1. The Labute approximate surface area is 118 Å². The minimum Gasteiger partial charge on any atom is -0.395 e. The Kier molecular flexibility index (Phi) is 4.28. The van der Waals surface area contributed by atoms with Crippen LogP contribution in [0, 0.1) is 23.2 Å². The minimum absolute atomic E-state index is 0.0833. The molecule has 0 bridgehead atoms. The first-order valence-electron chi connectivity index (χ1n) is 6.48. The summed E-state index contributed by atoms with van der Waals surface area (Å²) in [4.78, 5) is 13.0. The molecule has 0 saturated heterocycles. The molecule has 1 amide bonds. The van der Waals surface area contributed by atoms with Crippen molar-refractivity contribution in [2.75, 3.05) is 6.61 Å². The molecule has 1 aromatic rings. The maximum absolute atomic E-state index is 11.9. The maximum Gasteiger partial charge on any atom is 0.223 e. The molecule has 3 nitrogen and oxygen atoms in total. The second-order valence-electron chi connectivity index (χ2n) is 5.50. The predicted octanol–water partition coefficient (Wildman–Crippen LogP) is 2.14. The van der Waals surface area contributed by atoms with E-state index in [1.54, 1.807) is 11.3 Å². The van der Waals surface area contributed by atoms with Crippen LogP contribution < -0.4 is 5.32 Å². The van der Waals surface area contributed by atoms with Crippen LogP contribution in [0.25, 0.3) is 0 Å². The van der Waals surface area contributed by atoms with Crippen molar-refractivity contribution in [3.8, 4) is 11.8 Å². The number of hydrogen-bond acceptors (Lipinski definition) is 3. The van der Waals surface area contributed by atoms with Gasteiger partial charge in [-0.15, -0.1) is 11.3 Å². The van der Waals surface area contributed by atoms with Gasteiger partial charge >= 0.3 is 0 Å². The highest BCUT2D eigenvalue weighted by Crippen LogP contribution is 2.51. The number of rotatable bonds is 4. The Morgan fingerprint density at radius 3 is 3.00 bits per heavy atom. The third-order valence-corrected chi connectivity index (χ3v) is 4.38. The van der Waals surface area contributed by atoms with Crippen molar-refractivity contribution in [2.24, 2.45) is 11.3 Å². The third kappa shape index (κ3) is 3.59. The molecule has 4 heteroatoms. The van der Waals surface area contributed by atoms with E-state index < -0.39 is 0 Å². The van der Waals surface area contributed by atoms with Crippen LogP contribution in [-0.2, 0) is 11.3 Å². The zero-order valence-electron chi connectivity index (χ0n) is 11.3. The summed E-state index contributed by atoms with van der Waals surface area (Å²) < 4.78 is 0. The summed E-state index contributed by atoms with van der Waals surface area (Å²) >= 11 is 1.60. The van der Waals surface area contributed by atoms with E-state index in [-0.39, 0.29) is 23.8 Å². The first-order valence-corrected chi connectivity index (χ1v) is 7.36. The van der Waals surface area contributed by atoms with Gasteiger partial charge in [0, 0.05) is 22.8 Å². The van der Waals surface area contributed by atoms with E-state index >= 15 is 0 Å². The molecule has 1 saturated carbocycles. The van der Waals surface area contributed by atoms with E-state index in [9.17, 15) is 4.79 Å². The largest absolute Gasteiger partial charge is 0.395 e. The van der Waals surface area contributed by atoms with Crippen LogP contribution in [0.15, 0.2) is 11.4 Å². The van der Waals surface area contributed by atoms with Gasteiger partial charge in [-0.3, -0.25) is 4.79 Å². The molecule has 2 N–H and O–H groups in total. The first kappa shape index (κ1) is 14.1. The van der Waals surface area contributed by atoms with Gasteiger partial charge in [-0.25, -0.2) is 0 Å². The lowest BCUT2D eigenvalue weighted by Gasteiger charge is -2.05. The molecular formula is C15H19NO2S. The molecule has 1 heterocycles. The van der Waals surface area contributed by atoms with Gasteiger partial charge in [-0.2, -0.15) is 0 Å². The van der Waals surface area contributed by atoms with E-state index in [0.717, 1.165) is 16.9 Å². The van der Waals surface area contributed by atoms with Crippen molar-refractivity contribution < 1.29 is 9.90 Å². The topological polar surface area (TPSA) is 49.3 Å². The van der Waals surface area contributed by atoms with Crippen molar-refractivity contribution in [1.29, 1.82) is 0 Å². The average Bonchev–Trinajstić information content (AvgIpc) is 2.81. The molecule has 1 aliphatic carbocycles. The Morgan fingerprint density at radius 2 is 2.37 bits per heavy atom. The Bertz CT molecular complexity index is 522. The van der Waals surface area contributed by atoms with Crippen molar-refractivity contribution in [1.82, 2.24) is 5.32 Å². The highest BCUT2D eigenvalue weighted by molar-refractivity contribution is 7.10. The maximum atomic E-state index is 11.9. The smallest absolute Gasteiger partial charge is 0.223 e. The predicted molar refractivity (Wildman–Crippen MR) is 76.6 cm³/mol. The normalized spacial score (nSPS) is 19.4. The lowest BCUT2D eigenvalue weighted by Crippen LogP contribution is -2.25. The molecule has 0 aliphatic heterocycles. The number of aliphatic hydroxyl groups is 1. The quantitative estimate of drug-likeness (QED) is 0.829. The SMILES string of the molecule is CC1(C)CC1C(=O)NCc1sccc1C#CCCO. The molecule has 19 heavy (non-hydrogen) atoms. The van der Waals surface area contributed by atoms with Gasteiger partial charge < -0.3 is 10.4 Å². The molecule has 0 spiro atoms. The van der Waals surface area contributed by atoms with Crippen molar-refractivity contribution in [3.63, 3.8) is 0 Å². The van der Waals surface area contributed by atoms with Crippen molar-refractivity contribution in [2.45, 2.75) is 33.2 Å². The Balaban J connectivity index is 1.89. The second kappa shape index (κ2) is 5.77. The zero-order chi connectivity index (χ0) is 13.9. The lowest BCUT2D eigenvalue weighted by molar-refractivity contribution is -0.123. The van der Waals surface area contributed by atoms with Crippen LogP contribution >= 0.6 is 11.3 Å². The molecule has 1 aromatic heterocycles. The van der Waals surface area contributed by atoms with Gasteiger partial charge in [0.25, 0.3) is 0 Å². The number of hydrogen-bond donors (Lipinski definition) is 2. The molecular weight excluding hydrogens is 258 g/mol. The van der Waals surface area contributed by atoms with E-state index in [0.29, 0.717) is 13.0 Å². The van der Waals surface area contributed by atoms with E-state index in [2.05, 4.69) is 31.0 Å². The summed E-state index contributed by atoms with van der Waals surface area (Å²) in [5, 5.41) is 13.7. The minimum atomic E-state index is 0.0833. The highest BCUT2D eigenvalue weighted by atomic mass is 32.1. The average molecular weight is 277 g/mol. The van der Waals surface area contributed by atoms with Crippen LogP contribution in [0.4, 0.5) is 0 Å². The van der Waals surface area contributed by atoms with Gasteiger partial charge in [-0.05, 0) is 23.3 Å². The van der Waals surface area contributed by atoms with Crippen molar-refractivity contribution in [3.05, 3.63) is 21.9 Å². The fourth-order valence-corrected chi connectivity index (χ4v) is 2.78. The van der Waals surface area contributed by atoms with Gasteiger partial charge in [0.05, 0.1) is 13.2 Å². The van der Waals surface area contributed by atoms with Crippen molar-refractivity contribution >= 4 is 17.2 Å². The molecule has 0 radical (unpaired) electrons. The van der Waals surface area contributed by atoms with E-state index in [4.69, 9.17) is 5.11 Å². The number of nitrogens with one attached hydrogen (secondary N) is 1. The molecule has 2 rings (SSSR count). The van der Waals surface area contributed by atoms with Gasteiger partial charge in [0.15, 0.2) is 0 Å². The Hall–Kier alpha value is -1.31. The van der Waals surface area contributed by atoms with Gasteiger partial charge in [0.2, 0.25) is 5.91 Å². The van der Waals surface area contributed by atoms with Crippen LogP contribution in [0.2, 0.25) is 0 Å². The zero-order valence-corrected chi connectivity index (χ0v) is 12.1. The van der Waals surface area contributed by atoms with Crippen LogP contribution in [0.3, 0.4) is 0 Å². The standard InChI is InChI=1S/C15H19NO2S/c1-15(2)9-12(15)14(18)16-10-13-11(6-8-19-13)5-3-4-7-17/h6,8,12,17H,4,7,9-10H2,1-2H3,(H,16,18). The number of carbonyl (C=O) groups is 1. The summed E-state index contributed by atoms with van der Waals surface area (Å²) in [5.74, 6) is 6.25. The summed E-state index contributed by atoms with van der Waals surface area (Å²) in [6.45, 7) is 4.87. The molecule has 1 fully saturated rings. The van der Waals surface area contributed by atoms with Gasteiger partial charge in [-0.1, -0.05) is 25.7 Å². The fraction of sp³-hybridized carbons (Fsp3) is 0.533. The number of thiophene rings is 1. The number of amides is 1. The third-order valence-electron chi connectivity index (χ3n) is 3.46. The van der Waals surface area contributed by atoms with E-state index in [1.165, 1.54) is 0 Å². The molecule has 1 unspecified atom stereocenters. The fourth-order valence-electron chi connectivity index (χ4n) is 2.01.